The van der Waals surface area contributed by atoms with Crippen molar-refractivity contribution in [3.05, 3.63) is 78.1 Å². The number of ether oxygens (including phenoxy) is 2. The van der Waals surface area contributed by atoms with Crippen LogP contribution in [-0.4, -0.2) is 29.0 Å². The minimum absolute atomic E-state index is 0.190. The van der Waals surface area contributed by atoms with Gasteiger partial charge in [0.2, 0.25) is 12.7 Å². The molecule has 158 valence electrons. The van der Waals surface area contributed by atoms with Crippen LogP contribution in [0.5, 0.6) is 0 Å². The van der Waals surface area contributed by atoms with Gasteiger partial charge < -0.3 is 25.4 Å². The Labute approximate surface area is 175 Å². The first-order chi connectivity index (χ1) is 14.8. The van der Waals surface area contributed by atoms with Gasteiger partial charge in [-0.2, -0.15) is 4.73 Å². The molecule has 2 aromatic carbocycles. The Morgan fingerprint density at radius 2 is 1.70 bits per heavy atom. The van der Waals surface area contributed by atoms with Crippen LogP contribution in [0.4, 0.5) is 11.6 Å². The summed E-state index contributed by atoms with van der Waals surface area (Å²) in [6.07, 6.45) is 2.67. The standard InChI is InChI=1S/C22H26N4O4/c23-21-22(25-17-27)24-16-26(21)30-20(29-15-19-10-5-2-6-11-19)12-7-13-28-14-18-8-3-1-4-9-18/h1-6,8-11,16-17,20H,7,12-15,23H2,(H,25,27). The Balaban J connectivity index is 1.52. The summed E-state index contributed by atoms with van der Waals surface area (Å²) < 4.78 is 13.0. The number of carbonyl (C=O) groups excluding carboxylic acids is 1. The predicted octanol–water partition coefficient (Wildman–Crippen LogP) is 3.00. The van der Waals surface area contributed by atoms with Crippen molar-refractivity contribution in [2.45, 2.75) is 32.3 Å². The van der Waals surface area contributed by atoms with Gasteiger partial charge in [0.1, 0.15) is 6.33 Å². The van der Waals surface area contributed by atoms with E-state index < -0.39 is 6.29 Å². The Hall–Kier alpha value is -3.36. The van der Waals surface area contributed by atoms with E-state index in [9.17, 15) is 4.79 Å². The maximum Gasteiger partial charge on any atom is 0.225 e. The minimum Gasteiger partial charge on any atom is -0.379 e. The van der Waals surface area contributed by atoms with E-state index >= 15 is 0 Å². The number of hydrogen-bond donors (Lipinski definition) is 2. The third kappa shape index (κ3) is 6.61. The highest BCUT2D eigenvalue weighted by Crippen LogP contribution is 2.16. The highest BCUT2D eigenvalue weighted by molar-refractivity contribution is 5.74. The van der Waals surface area contributed by atoms with Gasteiger partial charge in [0.25, 0.3) is 0 Å². The number of nitrogens with two attached hydrogens (primary N) is 1. The fourth-order valence-electron chi connectivity index (χ4n) is 2.77. The highest BCUT2D eigenvalue weighted by Gasteiger charge is 2.15. The SMILES string of the molecule is Nc1c(NC=O)ncn1OC(CCCOCc1ccccc1)OCc1ccccc1. The Bertz CT molecular complexity index is 887. The molecule has 1 unspecified atom stereocenters. The molecule has 3 N–H and O–H groups in total. The molecule has 0 bridgehead atoms. The van der Waals surface area contributed by atoms with Gasteiger partial charge in [0.15, 0.2) is 11.6 Å². The normalized spacial score (nSPS) is 11.7. The second-order valence-electron chi connectivity index (χ2n) is 6.58. The molecule has 3 rings (SSSR count). The molecule has 0 spiro atoms. The summed E-state index contributed by atoms with van der Waals surface area (Å²) in [4.78, 5) is 20.5. The van der Waals surface area contributed by atoms with E-state index in [0.717, 1.165) is 17.5 Å². The van der Waals surface area contributed by atoms with Gasteiger partial charge in [-0.15, -0.1) is 0 Å². The number of benzene rings is 2. The number of nitrogens with one attached hydrogen (secondary N) is 1. The fraction of sp³-hybridized carbons (Fsp3) is 0.273. The van der Waals surface area contributed by atoms with Gasteiger partial charge in [-0.1, -0.05) is 60.7 Å². The Morgan fingerprint density at radius 3 is 2.37 bits per heavy atom. The van der Waals surface area contributed by atoms with Crippen LogP contribution in [-0.2, 0) is 27.5 Å². The molecule has 0 saturated heterocycles. The van der Waals surface area contributed by atoms with Crippen LogP contribution in [0.1, 0.15) is 24.0 Å². The number of carbonyl (C=O) groups is 1. The lowest BCUT2D eigenvalue weighted by molar-refractivity contribution is -0.156. The topological polar surface area (TPSA) is 101 Å². The van der Waals surface area contributed by atoms with Gasteiger partial charge in [-0.25, -0.2) is 4.98 Å². The molecule has 0 aliphatic carbocycles. The average molecular weight is 410 g/mol. The summed E-state index contributed by atoms with van der Waals surface area (Å²) in [5.41, 5.74) is 8.13. The molecule has 0 fully saturated rings. The van der Waals surface area contributed by atoms with Crippen molar-refractivity contribution in [3.8, 4) is 0 Å². The molecule has 0 saturated carbocycles. The zero-order valence-corrected chi connectivity index (χ0v) is 16.6. The molecule has 30 heavy (non-hydrogen) atoms. The van der Waals surface area contributed by atoms with Crippen molar-refractivity contribution in [1.29, 1.82) is 0 Å². The summed E-state index contributed by atoms with van der Waals surface area (Å²) in [5.74, 6) is 0.425. The number of nitrogen functional groups attached to an aromatic ring is 1. The first-order valence-electron chi connectivity index (χ1n) is 9.73. The molecular weight excluding hydrogens is 384 g/mol. The fourth-order valence-corrected chi connectivity index (χ4v) is 2.77. The molecule has 3 aromatic rings. The molecule has 0 aliphatic rings. The molecule has 0 radical (unpaired) electrons. The monoisotopic (exact) mass is 410 g/mol. The van der Waals surface area contributed by atoms with Crippen molar-refractivity contribution < 1.29 is 19.1 Å². The molecular formula is C22H26N4O4. The van der Waals surface area contributed by atoms with E-state index in [2.05, 4.69) is 10.3 Å². The first-order valence-corrected chi connectivity index (χ1v) is 9.73. The van der Waals surface area contributed by atoms with Crippen LogP contribution in [0.25, 0.3) is 0 Å². The maximum absolute atomic E-state index is 10.6. The van der Waals surface area contributed by atoms with Crippen molar-refractivity contribution >= 4 is 18.0 Å². The second-order valence-corrected chi connectivity index (χ2v) is 6.58. The smallest absolute Gasteiger partial charge is 0.225 e. The molecule has 1 heterocycles. The quantitative estimate of drug-likeness (QED) is 0.255. The minimum atomic E-state index is -0.564. The summed E-state index contributed by atoms with van der Waals surface area (Å²) in [5, 5.41) is 2.42. The van der Waals surface area contributed by atoms with Crippen LogP contribution in [0.3, 0.4) is 0 Å². The summed E-state index contributed by atoms with van der Waals surface area (Å²) in [6.45, 7) is 1.53. The van der Waals surface area contributed by atoms with E-state index in [1.807, 2.05) is 60.7 Å². The number of nitrogens with zero attached hydrogens (tertiary/aromatic N) is 2. The number of anilines is 2. The lowest BCUT2D eigenvalue weighted by Gasteiger charge is -2.20. The first kappa shape index (κ1) is 21.4. The van der Waals surface area contributed by atoms with E-state index in [1.54, 1.807) is 0 Å². The lowest BCUT2D eigenvalue weighted by atomic mass is 10.2. The van der Waals surface area contributed by atoms with Crippen molar-refractivity contribution in [2.24, 2.45) is 0 Å². The molecule has 8 heteroatoms. The van der Waals surface area contributed by atoms with E-state index in [-0.39, 0.29) is 11.6 Å². The zero-order chi connectivity index (χ0) is 21.0. The molecule has 1 amide bonds. The third-order valence-electron chi connectivity index (χ3n) is 4.32. The van der Waals surface area contributed by atoms with Crippen LogP contribution in [0, 0.1) is 0 Å². The van der Waals surface area contributed by atoms with Crippen LogP contribution in [0.15, 0.2) is 67.0 Å². The Morgan fingerprint density at radius 1 is 1.03 bits per heavy atom. The second kappa shape index (κ2) is 11.6. The molecule has 0 aliphatic heterocycles. The molecule has 1 aromatic heterocycles. The highest BCUT2D eigenvalue weighted by atomic mass is 16.8. The van der Waals surface area contributed by atoms with Crippen molar-refractivity contribution in [1.82, 2.24) is 9.71 Å². The van der Waals surface area contributed by atoms with Crippen LogP contribution >= 0.6 is 0 Å². The van der Waals surface area contributed by atoms with Crippen LogP contribution < -0.4 is 15.9 Å². The van der Waals surface area contributed by atoms with Crippen molar-refractivity contribution in [3.63, 3.8) is 0 Å². The van der Waals surface area contributed by atoms with Gasteiger partial charge >= 0.3 is 0 Å². The van der Waals surface area contributed by atoms with E-state index in [4.69, 9.17) is 20.0 Å². The van der Waals surface area contributed by atoms with Crippen molar-refractivity contribution in [2.75, 3.05) is 17.7 Å². The zero-order valence-electron chi connectivity index (χ0n) is 16.6. The summed E-state index contributed by atoms with van der Waals surface area (Å²) in [6, 6.07) is 19.8. The Kier molecular flexibility index (Phi) is 8.25. The number of imidazole rings is 1. The average Bonchev–Trinajstić information content (AvgIpc) is 3.12. The number of amides is 1. The third-order valence-corrected chi connectivity index (χ3v) is 4.32. The number of aromatic nitrogens is 2. The van der Waals surface area contributed by atoms with E-state index in [0.29, 0.717) is 32.7 Å². The van der Waals surface area contributed by atoms with Gasteiger partial charge in [0, 0.05) is 13.0 Å². The number of hydrogen-bond acceptors (Lipinski definition) is 6. The van der Waals surface area contributed by atoms with Gasteiger partial charge in [-0.05, 0) is 17.5 Å². The molecule has 8 nitrogen and oxygen atoms in total. The largest absolute Gasteiger partial charge is 0.379 e. The number of rotatable bonds is 13. The summed E-state index contributed by atoms with van der Waals surface area (Å²) in [7, 11) is 0. The van der Waals surface area contributed by atoms with E-state index in [1.165, 1.54) is 11.1 Å². The van der Waals surface area contributed by atoms with Gasteiger partial charge in [-0.3, -0.25) is 4.79 Å². The van der Waals surface area contributed by atoms with Gasteiger partial charge in [0.05, 0.1) is 13.2 Å². The van der Waals surface area contributed by atoms with Crippen LogP contribution in [0.2, 0.25) is 0 Å². The predicted molar refractivity (Wildman–Crippen MR) is 113 cm³/mol. The molecule has 1 atom stereocenters. The lowest BCUT2D eigenvalue weighted by Crippen LogP contribution is -2.29. The maximum atomic E-state index is 10.6. The summed E-state index contributed by atoms with van der Waals surface area (Å²) >= 11 is 0.